The van der Waals surface area contributed by atoms with Crippen molar-refractivity contribution in [2.24, 2.45) is 0 Å². The monoisotopic (exact) mass is 295 g/mol. The van der Waals surface area contributed by atoms with Gasteiger partial charge in [-0.3, -0.25) is 0 Å². The molecular weight excluding hydrogens is 274 g/mol. The van der Waals surface area contributed by atoms with Crippen LogP contribution in [0.25, 0.3) is 11.2 Å². The summed E-state index contributed by atoms with van der Waals surface area (Å²) in [4.78, 5) is 16.5. The molecule has 2 heterocycles. The summed E-state index contributed by atoms with van der Waals surface area (Å²) in [5.41, 5.74) is 3.94. The van der Waals surface area contributed by atoms with Gasteiger partial charge >= 0.3 is 0 Å². The molecular formula is C17H21N5. The lowest BCUT2D eigenvalue weighted by Gasteiger charge is -2.09. The number of hydrogen-bond acceptors (Lipinski definition) is 4. The van der Waals surface area contributed by atoms with E-state index < -0.39 is 0 Å². The Hall–Kier alpha value is -2.43. The average Bonchev–Trinajstić information content (AvgIpc) is 2.86. The Bertz CT molecular complexity index is 791. The smallest absolute Gasteiger partial charge is 0.183 e. The van der Waals surface area contributed by atoms with Gasteiger partial charge in [-0.05, 0) is 44.4 Å². The van der Waals surface area contributed by atoms with Crippen molar-refractivity contribution >= 4 is 22.7 Å². The van der Waals surface area contributed by atoms with Gasteiger partial charge in [0.15, 0.2) is 11.5 Å². The number of hydrogen-bond donors (Lipinski definition) is 2. The fourth-order valence-corrected chi connectivity index (χ4v) is 2.53. The molecule has 1 aromatic carbocycles. The molecule has 2 N–H and O–H groups in total. The van der Waals surface area contributed by atoms with Gasteiger partial charge in [0.1, 0.15) is 17.2 Å². The van der Waals surface area contributed by atoms with Crippen LogP contribution in [0.1, 0.15) is 37.0 Å². The molecule has 3 rings (SSSR count). The topological polar surface area (TPSA) is 66.5 Å². The van der Waals surface area contributed by atoms with Crippen LogP contribution >= 0.6 is 0 Å². The SMILES string of the molecule is CCCCc1cccc(Nc2nc(C)nc3nc(C)[nH]c23)c1. The van der Waals surface area contributed by atoms with Crippen molar-refractivity contribution in [2.45, 2.75) is 40.0 Å². The summed E-state index contributed by atoms with van der Waals surface area (Å²) in [6.45, 7) is 6.02. The normalized spacial score (nSPS) is 11.0. The third kappa shape index (κ3) is 3.08. The van der Waals surface area contributed by atoms with Crippen LogP contribution in [0.2, 0.25) is 0 Å². The van der Waals surface area contributed by atoms with E-state index in [1.165, 1.54) is 18.4 Å². The maximum absolute atomic E-state index is 4.51. The predicted molar refractivity (Wildman–Crippen MR) is 89.5 cm³/mol. The molecule has 0 amide bonds. The molecule has 0 fully saturated rings. The van der Waals surface area contributed by atoms with Gasteiger partial charge in [-0.2, -0.15) is 0 Å². The van der Waals surface area contributed by atoms with Crippen LogP contribution in [0.4, 0.5) is 11.5 Å². The first-order valence-corrected chi connectivity index (χ1v) is 7.72. The first kappa shape index (κ1) is 14.5. The molecule has 5 nitrogen and oxygen atoms in total. The molecule has 0 aliphatic rings. The molecule has 0 aliphatic heterocycles. The second-order valence-corrected chi connectivity index (χ2v) is 5.57. The maximum atomic E-state index is 4.51. The quantitative estimate of drug-likeness (QED) is 0.745. The second-order valence-electron chi connectivity index (χ2n) is 5.57. The van der Waals surface area contributed by atoms with E-state index in [2.05, 4.69) is 56.4 Å². The van der Waals surface area contributed by atoms with E-state index >= 15 is 0 Å². The lowest BCUT2D eigenvalue weighted by atomic mass is 10.1. The minimum atomic E-state index is 0.703. The molecule has 0 saturated carbocycles. The number of unbranched alkanes of at least 4 members (excludes halogenated alkanes) is 1. The van der Waals surface area contributed by atoms with Crippen LogP contribution in [0.3, 0.4) is 0 Å². The highest BCUT2D eigenvalue weighted by atomic mass is 15.1. The summed E-state index contributed by atoms with van der Waals surface area (Å²) < 4.78 is 0. The molecule has 3 aromatic rings. The van der Waals surface area contributed by atoms with Crippen molar-refractivity contribution < 1.29 is 0 Å². The van der Waals surface area contributed by atoms with Crippen LogP contribution in [0, 0.1) is 13.8 Å². The zero-order valence-corrected chi connectivity index (χ0v) is 13.3. The molecule has 0 atom stereocenters. The molecule has 0 aliphatic carbocycles. The minimum absolute atomic E-state index is 0.703. The Morgan fingerprint density at radius 3 is 2.82 bits per heavy atom. The third-order valence-corrected chi connectivity index (χ3v) is 3.59. The number of rotatable bonds is 5. The Labute approximate surface area is 130 Å². The highest BCUT2D eigenvalue weighted by molar-refractivity contribution is 5.85. The van der Waals surface area contributed by atoms with Crippen LogP contribution < -0.4 is 5.32 Å². The fraction of sp³-hybridized carbons (Fsp3) is 0.353. The first-order chi connectivity index (χ1) is 10.7. The summed E-state index contributed by atoms with van der Waals surface area (Å²) in [6.07, 6.45) is 3.52. The number of aryl methyl sites for hydroxylation is 3. The van der Waals surface area contributed by atoms with Crippen molar-refractivity contribution in [1.82, 2.24) is 19.9 Å². The van der Waals surface area contributed by atoms with E-state index in [4.69, 9.17) is 0 Å². The second kappa shape index (κ2) is 6.13. The van der Waals surface area contributed by atoms with Gasteiger partial charge in [-0.25, -0.2) is 15.0 Å². The number of nitrogens with zero attached hydrogens (tertiary/aromatic N) is 3. The minimum Gasteiger partial charge on any atom is -0.338 e. The average molecular weight is 295 g/mol. The number of nitrogens with one attached hydrogen (secondary N) is 2. The van der Waals surface area contributed by atoms with Gasteiger partial charge in [0.05, 0.1) is 0 Å². The number of fused-ring (bicyclic) bond motifs is 1. The number of aromatic amines is 1. The molecule has 0 radical (unpaired) electrons. The van der Waals surface area contributed by atoms with Gasteiger partial charge in [0.2, 0.25) is 0 Å². The summed E-state index contributed by atoms with van der Waals surface area (Å²) in [5.74, 6) is 2.33. The number of anilines is 2. The van der Waals surface area contributed by atoms with E-state index in [1.807, 2.05) is 13.8 Å². The zero-order chi connectivity index (χ0) is 15.5. The van der Waals surface area contributed by atoms with Crippen molar-refractivity contribution in [3.05, 3.63) is 41.5 Å². The van der Waals surface area contributed by atoms with Crippen molar-refractivity contribution in [1.29, 1.82) is 0 Å². The largest absolute Gasteiger partial charge is 0.338 e. The van der Waals surface area contributed by atoms with Crippen LogP contribution in [-0.2, 0) is 6.42 Å². The van der Waals surface area contributed by atoms with Crippen LogP contribution in [-0.4, -0.2) is 19.9 Å². The van der Waals surface area contributed by atoms with Crippen LogP contribution in [0.5, 0.6) is 0 Å². The Kier molecular flexibility index (Phi) is 4.04. The van der Waals surface area contributed by atoms with E-state index in [-0.39, 0.29) is 0 Å². The summed E-state index contributed by atoms with van der Waals surface area (Å²) >= 11 is 0. The molecule has 114 valence electrons. The predicted octanol–water partition coefficient (Wildman–Crippen LogP) is 4.06. The van der Waals surface area contributed by atoms with E-state index in [1.54, 1.807) is 0 Å². The molecule has 0 saturated heterocycles. The molecule has 2 aromatic heterocycles. The molecule has 5 heteroatoms. The van der Waals surface area contributed by atoms with Crippen molar-refractivity contribution in [3.63, 3.8) is 0 Å². The maximum Gasteiger partial charge on any atom is 0.183 e. The summed E-state index contributed by atoms with van der Waals surface area (Å²) in [6, 6.07) is 8.49. The van der Waals surface area contributed by atoms with E-state index in [0.717, 1.165) is 29.3 Å². The third-order valence-electron chi connectivity index (χ3n) is 3.59. The summed E-state index contributed by atoms with van der Waals surface area (Å²) in [5, 5.41) is 3.40. The zero-order valence-electron chi connectivity index (χ0n) is 13.3. The number of aromatic nitrogens is 4. The number of benzene rings is 1. The summed E-state index contributed by atoms with van der Waals surface area (Å²) in [7, 11) is 0. The molecule has 22 heavy (non-hydrogen) atoms. The van der Waals surface area contributed by atoms with E-state index in [9.17, 15) is 0 Å². The van der Waals surface area contributed by atoms with Crippen molar-refractivity contribution in [2.75, 3.05) is 5.32 Å². The Morgan fingerprint density at radius 2 is 2.00 bits per heavy atom. The van der Waals surface area contributed by atoms with Gasteiger partial charge in [-0.1, -0.05) is 25.5 Å². The first-order valence-electron chi connectivity index (χ1n) is 7.72. The van der Waals surface area contributed by atoms with Gasteiger partial charge in [0, 0.05) is 5.69 Å². The van der Waals surface area contributed by atoms with Gasteiger partial charge < -0.3 is 10.3 Å². The van der Waals surface area contributed by atoms with E-state index in [0.29, 0.717) is 11.5 Å². The molecule has 0 spiro atoms. The van der Waals surface area contributed by atoms with Crippen LogP contribution in [0.15, 0.2) is 24.3 Å². The molecule has 0 unspecified atom stereocenters. The lowest BCUT2D eigenvalue weighted by molar-refractivity contribution is 0.795. The highest BCUT2D eigenvalue weighted by Gasteiger charge is 2.10. The van der Waals surface area contributed by atoms with Gasteiger partial charge in [-0.15, -0.1) is 0 Å². The highest BCUT2D eigenvalue weighted by Crippen LogP contribution is 2.23. The van der Waals surface area contributed by atoms with Crippen molar-refractivity contribution in [3.8, 4) is 0 Å². The number of H-pyrrole nitrogens is 1. The molecule has 0 bridgehead atoms. The Morgan fingerprint density at radius 1 is 1.14 bits per heavy atom. The standard InChI is InChI=1S/C17H21N5/c1-4-5-7-13-8-6-9-14(10-13)22-17-15-16(19-11(2)18-15)20-12(3)21-17/h6,8-10H,4-5,7H2,1-3H3,(H2,18,19,20,21,22). The Balaban J connectivity index is 1.92. The lowest BCUT2D eigenvalue weighted by Crippen LogP contribution is -1.99. The van der Waals surface area contributed by atoms with Gasteiger partial charge in [0.25, 0.3) is 0 Å². The fourth-order valence-electron chi connectivity index (χ4n) is 2.53. The number of imidazole rings is 1.